The van der Waals surface area contributed by atoms with Crippen molar-refractivity contribution in [3.8, 4) is 0 Å². The second kappa shape index (κ2) is 12.9. The lowest BCUT2D eigenvalue weighted by Gasteiger charge is -2.48. The molecule has 134 valence electrons. The van der Waals surface area contributed by atoms with Crippen molar-refractivity contribution in [2.75, 3.05) is 68.5 Å². The van der Waals surface area contributed by atoms with Gasteiger partial charge in [0.15, 0.2) is 0 Å². The monoisotopic (exact) mass is 316 g/mol. The molecular formula is C17H40N4O. The zero-order valence-corrected chi connectivity index (χ0v) is 16.5. The van der Waals surface area contributed by atoms with E-state index in [0.717, 1.165) is 45.4 Å². The molecule has 5 nitrogen and oxygen atoms in total. The Balaban J connectivity index is 0. The van der Waals surface area contributed by atoms with Gasteiger partial charge in [-0.3, -0.25) is 9.69 Å². The van der Waals surface area contributed by atoms with Crippen LogP contribution in [-0.2, 0) is 4.79 Å². The molecule has 0 aromatic rings. The number of piperidine rings is 1. The fourth-order valence-electron chi connectivity index (χ4n) is 2.63. The summed E-state index contributed by atoms with van der Waals surface area (Å²) in [5, 5.41) is 0. The quantitative estimate of drug-likeness (QED) is 0.722. The third-order valence-corrected chi connectivity index (χ3v) is 3.77. The van der Waals surface area contributed by atoms with Gasteiger partial charge in [0.25, 0.3) is 0 Å². The van der Waals surface area contributed by atoms with E-state index in [1.165, 1.54) is 0 Å². The minimum Gasteiger partial charge on any atom is -0.345 e. The number of carbonyl (C=O) groups is 1. The van der Waals surface area contributed by atoms with Gasteiger partial charge >= 0.3 is 0 Å². The van der Waals surface area contributed by atoms with Gasteiger partial charge in [0.2, 0.25) is 6.41 Å². The van der Waals surface area contributed by atoms with E-state index >= 15 is 0 Å². The molecule has 0 bridgehead atoms. The fraction of sp³-hybridized carbons (Fsp3) is 0.941. The second-order valence-electron chi connectivity index (χ2n) is 6.46. The standard InChI is InChI=1S/C12H25N3O.C3H9N.C2H6/c1-5-14(4)12(10-13(2)3)6-8-15(11-16)9-7-12;1-4(2)3;1-2/h11H,5-10H2,1-4H3;1-3H3;1-2H3. The topological polar surface area (TPSA) is 30.0 Å². The Hall–Kier alpha value is -0.650. The van der Waals surface area contributed by atoms with Gasteiger partial charge in [0.05, 0.1) is 0 Å². The van der Waals surface area contributed by atoms with E-state index in [1.54, 1.807) is 0 Å². The molecule has 0 unspecified atom stereocenters. The summed E-state index contributed by atoms with van der Waals surface area (Å²) in [4.78, 5) is 19.3. The Morgan fingerprint density at radius 1 is 1.00 bits per heavy atom. The molecule has 0 saturated carbocycles. The van der Waals surface area contributed by atoms with Crippen molar-refractivity contribution in [3.05, 3.63) is 0 Å². The second-order valence-corrected chi connectivity index (χ2v) is 6.46. The minimum absolute atomic E-state index is 0.248. The van der Waals surface area contributed by atoms with E-state index in [4.69, 9.17) is 0 Å². The molecular weight excluding hydrogens is 276 g/mol. The van der Waals surface area contributed by atoms with E-state index < -0.39 is 0 Å². The SMILES string of the molecule is CC.CCN(C)C1(CN(C)C)CCN(C=O)CC1.CN(C)C. The number of nitrogens with zero attached hydrogens (tertiary/aromatic N) is 4. The maximum absolute atomic E-state index is 10.7. The Morgan fingerprint density at radius 3 is 1.68 bits per heavy atom. The molecule has 1 amide bonds. The molecule has 1 aliphatic rings. The molecule has 0 aliphatic carbocycles. The van der Waals surface area contributed by atoms with Gasteiger partial charge < -0.3 is 14.7 Å². The molecule has 1 aliphatic heterocycles. The summed E-state index contributed by atoms with van der Waals surface area (Å²) >= 11 is 0. The average molecular weight is 317 g/mol. The maximum atomic E-state index is 10.7. The van der Waals surface area contributed by atoms with Crippen LogP contribution in [0.15, 0.2) is 0 Å². The number of rotatable bonds is 5. The molecule has 0 atom stereocenters. The van der Waals surface area contributed by atoms with Crippen molar-refractivity contribution in [2.45, 2.75) is 39.2 Å². The first-order valence-electron chi connectivity index (χ1n) is 8.43. The molecule has 0 spiro atoms. The smallest absolute Gasteiger partial charge is 0.209 e. The summed E-state index contributed by atoms with van der Waals surface area (Å²) in [6.45, 7) is 10.1. The molecule has 5 heteroatoms. The molecule has 22 heavy (non-hydrogen) atoms. The predicted octanol–water partition coefficient (Wildman–Crippen LogP) is 1.69. The highest BCUT2D eigenvalue weighted by atomic mass is 16.1. The Kier molecular flexibility index (Phi) is 13.8. The minimum atomic E-state index is 0.248. The van der Waals surface area contributed by atoms with Gasteiger partial charge in [-0.25, -0.2) is 0 Å². The third kappa shape index (κ3) is 9.38. The van der Waals surface area contributed by atoms with E-state index in [2.05, 4.69) is 37.9 Å². The van der Waals surface area contributed by atoms with Crippen LogP contribution >= 0.6 is 0 Å². The van der Waals surface area contributed by atoms with Crippen molar-refractivity contribution >= 4 is 6.41 Å². The Bertz CT molecular complexity index is 259. The first kappa shape index (κ1) is 23.6. The highest BCUT2D eigenvalue weighted by molar-refractivity contribution is 5.47. The summed E-state index contributed by atoms with van der Waals surface area (Å²) < 4.78 is 0. The van der Waals surface area contributed by atoms with Crippen molar-refractivity contribution in [1.29, 1.82) is 0 Å². The molecule has 0 N–H and O–H groups in total. The van der Waals surface area contributed by atoms with E-state index in [1.807, 2.05) is 44.8 Å². The van der Waals surface area contributed by atoms with Gasteiger partial charge in [-0.05, 0) is 61.7 Å². The van der Waals surface area contributed by atoms with E-state index in [9.17, 15) is 4.79 Å². The highest BCUT2D eigenvalue weighted by Crippen LogP contribution is 2.28. The fourth-order valence-corrected chi connectivity index (χ4v) is 2.63. The molecule has 0 aromatic carbocycles. The van der Waals surface area contributed by atoms with Crippen LogP contribution in [0.5, 0.6) is 0 Å². The summed E-state index contributed by atoms with van der Waals surface area (Å²) in [6, 6.07) is 0. The number of hydrogen-bond acceptors (Lipinski definition) is 4. The van der Waals surface area contributed by atoms with Crippen LogP contribution < -0.4 is 0 Å². The lowest BCUT2D eigenvalue weighted by atomic mass is 9.85. The largest absolute Gasteiger partial charge is 0.345 e. The van der Waals surface area contributed by atoms with Crippen LogP contribution in [0.25, 0.3) is 0 Å². The normalized spacial score (nSPS) is 16.8. The number of amides is 1. The first-order chi connectivity index (χ1) is 10.3. The molecule has 1 fully saturated rings. The van der Waals surface area contributed by atoms with Crippen LogP contribution in [0.1, 0.15) is 33.6 Å². The van der Waals surface area contributed by atoms with Crippen molar-refractivity contribution in [2.24, 2.45) is 0 Å². The highest BCUT2D eigenvalue weighted by Gasteiger charge is 2.37. The number of hydrogen-bond donors (Lipinski definition) is 0. The van der Waals surface area contributed by atoms with Crippen LogP contribution in [0.2, 0.25) is 0 Å². The van der Waals surface area contributed by atoms with Crippen LogP contribution in [-0.4, -0.2) is 100 Å². The number of likely N-dealkylation sites (N-methyl/N-ethyl adjacent to an activating group) is 2. The molecule has 1 heterocycles. The third-order valence-electron chi connectivity index (χ3n) is 3.77. The lowest BCUT2D eigenvalue weighted by molar-refractivity contribution is -0.120. The average Bonchev–Trinajstić information content (AvgIpc) is 2.48. The summed E-state index contributed by atoms with van der Waals surface area (Å²) in [5.74, 6) is 0. The van der Waals surface area contributed by atoms with Crippen LogP contribution in [0, 0.1) is 0 Å². The number of carbonyl (C=O) groups excluding carboxylic acids is 1. The molecule has 0 radical (unpaired) electrons. The van der Waals surface area contributed by atoms with Crippen molar-refractivity contribution in [1.82, 2.24) is 19.6 Å². The Morgan fingerprint density at radius 2 is 1.41 bits per heavy atom. The van der Waals surface area contributed by atoms with Crippen molar-refractivity contribution in [3.63, 3.8) is 0 Å². The zero-order chi connectivity index (χ0) is 17.8. The van der Waals surface area contributed by atoms with Gasteiger partial charge in [-0.2, -0.15) is 0 Å². The van der Waals surface area contributed by atoms with E-state index in [-0.39, 0.29) is 5.54 Å². The van der Waals surface area contributed by atoms with Crippen molar-refractivity contribution < 1.29 is 4.79 Å². The first-order valence-corrected chi connectivity index (χ1v) is 8.43. The van der Waals surface area contributed by atoms with Gasteiger partial charge in [-0.1, -0.05) is 20.8 Å². The number of likely N-dealkylation sites (tertiary alicyclic amines) is 1. The summed E-state index contributed by atoms with van der Waals surface area (Å²) in [6.07, 6.45) is 3.13. The maximum Gasteiger partial charge on any atom is 0.209 e. The molecule has 1 saturated heterocycles. The van der Waals surface area contributed by atoms with Crippen LogP contribution in [0.3, 0.4) is 0 Å². The Labute approximate surface area is 139 Å². The summed E-state index contributed by atoms with van der Waals surface area (Å²) in [7, 11) is 12.4. The van der Waals surface area contributed by atoms with Gasteiger partial charge in [0, 0.05) is 25.2 Å². The van der Waals surface area contributed by atoms with Gasteiger partial charge in [-0.15, -0.1) is 0 Å². The van der Waals surface area contributed by atoms with Crippen LogP contribution in [0.4, 0.5) is 0 Å². The lowest BCUT2D eigenvalue weighted by Crippen LogP contribution is -2.58. The molecule has 0 aromatic heterocycles. The van der Waals surface area contributed by atoms with Gasteiger partial charge in [0.1, 0.15) is 0 Å². The molecule has 1 rings (SSSR count). The summed E-state index contributed by atoms with van der Waals surface area (Å²) in [5.41, 5.74) is 0.248. The zero-order valence-electron chi connectivity index (χ0n) is 16.5. The van der Waals surface area contributed by atoms with E-state index in [0.29, 0.717) is 0 Å². The predicted molar refractivity (Wildman–Crippen MR) is 97.4 cm³/mol.